The van der Waals surface area contributed by atoms with Crippen molar-refractivity contribution in [2.45, 2.75) is 12.8 Å². The molecule has 0 heterocycles. The third-order valence-corrected chi connectivity index (χ3v) is 5.87. The number of hydrogen-bond acceptors (Lipinski definition) is 11. The van der Waals surface area contributed by atoms with Crippen LogP contribution in [0.4, 0.5) is 0 Å². The zero-order valence-electron chi connectivity index (χ0n) is 24.8. The summed E-state index contributed by atoms with van der Waals surface area (Å²) in [7, 11) is 6.48. The molecule has 0 radical (unpaired) electrons. The van der Waals surface area contributed by atoms with Gasteiger partial charge in [0, 0.05) is 0 Å². The van der Waals surface area contributed by atoms with Gasteiger partial charge in [-0.2, -0.15) is 0 Å². The number of aliphatic hydroxyl groups excluding tert-OH is 1. The molecule has 2 rings (SSSR count). The summed E-state index contributed by atoms with van der Waals surface area (Å²) in [5.74, 6) is 3.18. The molecule has 0 fully saturated rings. The monoisotopic (exact) mass is 582 g/mol. The van der Waals surface area contributed by atoms with Crippen LogP contribution in [0.5, 0.6) is 28.7 Å². The van der Waals surface area contributed by atoms with Gasteiger partial charge in [-0.25, -0.2) is 0 Å². The second-order valence-corrected chi connectivity index (χ2v) is 8.65. The van der Waals surface area contributed by atoms with E-state index < -0.39 is 0 Å². The van der Waals surface area contributed by atoms with E-state index in [0.29, 0.717) is 101 Å². The Balaban J connectivity index is 1.63. The van der Waals surface area contributed by atoms with E-state index in [1.54, 1.807) is 28.4 Å². The molecule has 0 aliphatic rings. The first kappa shape index (κ1) is 34.4. The lowest BCUT2D eigenvalue weighted by Gasteiger charge is -2.16. The standard InChI is InChI=1S/C30H46O11/c1-32-26-8-7-24(21-27(26)33-2)5-6-25-22-28(34-3)30(29(23-25)35-4)41-20-19-40-18-17-39-16-15-38-14-13-37-12-11-36-10-9-31/h7-8,21-23,31H,5-6,9-20H2,1-4H3. The van der Waals surface area contributed by atoms with Gasteiger partial charge in [0.25, 0.3) is 0 Å². The van der Waals surface area contributed by atoms with Gasteiger partial charge < -0.3 is 52.5 Å². The average Bonchev–Trinajstić information content (AvgIpc) is 3.01. The molecule has 0 aromatic heterocycles. The number of hydrogen-bond donors (Lipinski definition) is 1. The molecular weight excluding hydrogens is 536 g/mol. The minimum Gasteiger partial charge on any atom is -0.493 e. The van der Waals surface area contributed by atoms with Crippen LogP contribution >= 0.6 is 0 Å². The van der Waals surface area contributed by atoms with Crippen LogP contribution in [0.1, 0.15) is 11.1 Å². The largest absolute Gasteiger partial charge is 0.493 e. The molecule has 0 bridgehead atoms. The van der Waals surface area contributed by atoms with Crippen LogP contribution in [-0.2, 0) is 36.5 Å². The van der Waals surface area contributed by atoms with E-state index in [2.05, 4.69) is 0 Å². The lowest BCUT2D eigenvalue weighted by molar-refractivity contribution is -0.0147. The zero-order chi connectivity index (χ0) is 29.5. The van der Waals surface area contributed by atoms with Crippen molar-refractivity contribution < 1.29 is 52.5 Å². The van der Waals surface area contributed by atoms with Crippen LogP contribution in [0.3, 0.4) is 0 Å². The number of methoxy groups -OCH3 is 4. The predicted molar refractivity (Wildman–Crippen MR) is 153 cm³/mol. The number of aliphatic hydroxyl groups is 1. The Morgan fingerprint density at radius 3 is 1.34 bits per heavy atom. The molecule has 1 N–H and O–H groups in total. The van der Waals surface area contributed by atoms with Crippen molar-refractivity contribution in [2.75, 3.05) is 108 Å². The van der Waals surface area contributed by atoms with Gasteiger partial charge in [-0.1, -0.05) is 6.07 Å². The average molecular weight is 583 g/mol. The highest BCUT2D eigenvalue weighted by Crippen LogP contribution is 2.39. The minimum atomic E-state index is 0.0196. The molecule has 2 aromatic rings. The Kier molecular flexibility index (Phi) is 18.4. The van der Waals surface area contributed by atoms with Crippen molar-refractivity contribution >= 4 is 0 Å². The molecule has 0 aliphatic heterocycles. The lowest BCUT2D eigenvalue weighted by Crippen LogP contribution is -2.14. The summed E-state index contributed by atoms with van der Waals surface area (Å²) in [5.41, 5.74) is 2.20. The Bertz CT molecular complexity index is 929. The summed E-state index contributed by atoms with van der Waals surface area (Å²) in [4.78, 5) is 0. The molecule has 2 aromatic carbocycles. The van der Waals surface area contributed by atoms with E-state index in [1.807, 2.05) is 30.3 Å². The summed E-state index contributed by atoms with van der Waals surface area (Å²) < 4.78 is 54.9. The predicted octanol–water partition coefficient (Wildman–Crippen LogP) is 2.96. The molecule has 0 amide bonds. The molecule has 11 nitrogen and oxygen atoms in total. The molecule has 11 heteroatoms. The number of aryl methyl sites for hydroxylation is 2. The summed E-state index contributed by atoms with van der Waals surface area (Å²) in [6, 6.07) is 9.87. The van der Waals surface area contributed by atoms with Crippen molar-refractivity contribution in [1.82, 2.24) is 0 Å². The molecule has 0 saturated carbocycles. The number of ether oxygens (including phenoxy) is 10. The summed E-state index contributed by atoms with van der Waals surface area (Å²) in [6.07, 6.45) is 1.60. The molecule has 0 atom stereocenters. The van der Waals surface area contributed by atoms with Crippen LogP contribution in [0.15, 0.2) is 30.3 Å². The molecular formula is C30H46O11. The highest BCUT2D eigenvalue weighted by atomic mass is 16.6. The normalized spacial score (nSPS) is 11.0. The van der Waals surface area contributed by atoms with Crippen LogP contribution in [-0.4, -0.2) is 113 Å². The third-order valence-electron chi connectivity index (χ3n) is 5.87. The van der Waals surface area contributed by atoms with Gasteiger partial charge in [-0.05, 0) is 48.2 Å². The summed E-state index contributed by atoms with van der Waals surface area (Å²) in [5, 5.41) is 8.60. The quantitative estimate of drug-likeness (QED) is 0.174. The van der Waals surface area contributed by atoms with E-state index in [9.17, 15) is 0 Å². The first-order chi connectivity index (χ1) is 20.2. The van der Waals surface area contributed by atoms with Gasteiger partial charge in [0.05, 0.1) is 101 Å². The second kappa shape index (κ2) is 21.9. The SMILES string of the molecule is COc1ccc(CCc2cc(OC)c(OCCOCCOCCOCCOCCOCCO)c(OC)c2)cc1OC. The Morgan fingerprint density at radius 1 is 0.463 bits per heavy atom. The van der Waals surface area contributed by atoms with E-state index in [4.69, 9.17) is 52.5 Å². The minimum absolute atomic E-state index is 0.0196. The first-order valence-corrected chi connectivity index (χ1v) is 13.7. The van der Waals surface area contributed by atoms with Gasteiger partial charge >= 0.3 is 0 Å². The maximum atomic E-state index is 8.60. The molecule has 0 spiro atoms. The fourth-order valence-electron chi connectivity index (χ4n) is 3.79. The fraction of sp³-hybridized carbons (Fsp3) is 0.600. The van der Waals surface area contributed by atoms with Crippen molar-refractivity contribution in [3.63, 3.8) is 0 Å². The molecule has 41 heavy (non-hydrogen) atoms. The van der Waals surface area contributed by atoms with Crippen molar-refractivity contribution in [2.24, 2.45) is 0 Å². The van der Waals surface area contributed by atoms with E-state index in [-0.39, 0.29) is 6.61 Å². The van der Waals surface area contributed by atoms with Crippen molar-refractivity contribution in [3.8, 4) is 28.7 Å². The van der Waals surface area contributed by atoms with E-state index >= 15 is 0 Å². The van der Waals surface area contributed by atoms with Gasteiger partial charge in [0.1, 0.15) is 6.61 Å². The van der Waals surface area contributed by atoms with Crippen LogP contribution in [0, 0.1) is 0 Å². The van der Waals surface area contributed by atoms with Gasteiger partial charge in [-0.15, -0.1) is 0 Å². The van der Waals surface area contributed by atoms with Crippen LogP contribution in [0.25, 0.3) is 0 Å². The Labute approximate surface area is 243 Å². The first-order valence-electron chi connectivity index (χ1n) is 13.7. The van der Waals surface area contributed by atoms with Crippen molar-refractivity contribution in [1.29, 1.82) is 0 Å². The van der Waals surface area contributed by atoms with Gasteiger partial charge in [0.2, 0.25) is 5.75 Å². The van der Waals surface area contributed by atoms with Crippen molar-refractivity contribution in [3.05, 3.63) is 41.5 Å². The van der Waals surface area contributed by atoms with E-state index in [1.165, 1.54) is 0 Å². The van der Waals surface area contributed by atoms with Gasteiger partial charge in [-0.3, -0.25) is 0 Å². The third kappa shape index (κ3) is 13.6. The molecule has 0 saturated heterocycles. The zero-order valence-corrected chi connectivity index (χ0v) is 24.8. The molecule has 0 aliphatic carbocycles. The molecule has 0 unspecified atom stereocenters. The van der Waals surface area contributed by atoms with E-state index in [0.717, 1.165) is 24.0 Å². The van der Waals surface area contributed by atoms with Crippen LogP contribution < -0.4 is 23.7 Å². The highest BCUT2D eigenvalue weighted by Gasteiger charge is 2.15. The summed E-state index contributed by atoms with van der Waals surface area (Å²) in [6.45, 7) is 4.88. The fourth-order valence-corrected chi connectivity index (χ4v) is 3.79. The maximum absolute atomic E-state index is 8.60. The topological polar surface area (TPSA) is 113 Å². The second-order valence-electron chi connectivity index (χ2n) is 8.65. The number of rotatable bonds is 25. The van der Waals surface area contributed by atoms with Crippen LogP contribution in [0.2, 0.25) is 0 Å². The number of benzene rings is 2. The highest BCUT2D eigenvalue weighted by molar-refractivity contribution is 5.54. The Hall–Kier alpha value is -2.80. The van der Waals surface area contributed by atoms with Gasteiger partial charge in [0.15, 0.2) is 23.0 Å². The lowest BCUT2D eigenvalue weighted by atomic mass is 10.0. The Morgan fingerprint density at radius 2 is 0.878 bits per heavy atom. The summed E-state index contributed by atoms with van der Waals surface area (Å²) >= 11 is 0. The molecule has 232 valence electrons. The maximum Gasteiger partial charge on any atom is 0.203 e. The smallest absolute Gasteiger partial charge is 0.203 e.